The van der Waals surface area contributed by atoms with Gasteiger partial charge in [-0.05, 0) is 30.3 Å². The molecule has 136 valence electrons. The third-order valence-corrected chi connectivity index (χ3v) is 4.34. The van der Waals surface area contributed by atoms with Gasteiger partial charge in [-0.1, -0.05) is 18.2 Å². The molecule has 1 amide bonds. The van der Waals surface area contributed by atoms with Crippen LogP contribution in [0.1, 0.15) is 10.5 Å². The molecule has 7 nitrogen and oxygen atoms in total. The molecule has 4 rings (SSSR count). The number of methoxy groups -OCH3 is 2. The first-order valence-electron chi connectivity index (χ1n) is 8.35. The number of H-pyrrole nitrogens is 2. The summed E-state index contributed by atoms with van der Waals surface area (Å²) in [5, 5.41) is 10.9. The zero-order valence-electron chi connectivity index (χ0n) is 14.9. The molecule has 2 aromatic carbocycles. The van der Waals surface area contributed by atoms with Crippen molar-refractivity contribution < 1.29 is 14.3 Å². The largest absolute Gasteiger partial charge is 0.497 e. The lowest BCUT2D eigenvalue weighted by Crippen LogP contribution is -2.11. The standard InChI is InChI=1S/C20H18N4O3/c1-26-12-7-8-19(27-2)14(9-12)16-10-17(24-23-16)20(25)22-18-11-21-15-6-4-3-5-13(15)18/h3-11,21H,1-2H3,(H,22,25)(H,23,24). The maximum absolute atomic E-state index is 12.6. The van der Waals surface area contributed by atoms with Crippen molar-refractivity contribution in [2.45, 2.75) is 0 Å². The highest BCUT2D eigenvalue weighted by atomic mass is 16.5. The smallest absolute Gasteiger partial charge is 0.273 e. The van der Waals surface area contributed by atoms with Crippen LogP contribution >= 0.6 is 0 Å². The molecule has 0 saturated carbocycles. The second-order valence-corrected chi connectivity index (χ2v) is 5.94. The van der Waals surface area contributed by atoms with E-state index in [1.807, 2.05) is 30.3 Å². The van der Waals surface area contributed by atoms with Crippen LogP contribution in [0.15, 0.2) is 54.7 Å². The number of aromatic amines is 2. The molecule has 4 aromatic rings. The molecule has 0 fully saturated rings. The van der Waals surface area contributed by atoms with Crippen LogP contribution in [0.2, 0.25) is 0 Å². The van der Waals surface area contributed by atoms with E-state index in [9.17, 15) is 4.79 Å². The van der Waals surface area contributed by atoms with Gasteiger partial charge in [-0.25, -0.2) is 0 Å². The number of para-hydroxylation sites is 1. The Morgan fingerprint density at radius 3 is 2.74 bits per heavy atom. The number of rotatable bonds is 5. The molecule has 0 bridgehead atoms. The number of aromatic nitrogens is 3. The third kappa shape index (κ3) is 3.10. The molecular formula is C20H18N4O3. The van der Waals surface area contributed by atoms with E-state index in [0.29, 0.717) is 28.6 Å². The van der Waals surface area contributed by atoms with Gasteiger partial charge in [0.25, 0.3) is 5.91 Å². The molecule has 0 unspecified atom stereocenters. The minimum absolute atomic E-state index is 0.277. The summed E-state index contributed by atoms with van der Waals surface area (Å²) < 4.78 is 10.7. The van der Waals surface area contributed by atoms with Crippen molar-refractivity contribution in [1.82, 2.24) is 15.2 Å². The number of anilines is 1. The van der Waals surface area contributed by atoms with Crippen LogP contribution in [0.3, 0.4) is 0 Å². The molecule has 0 spiro atoms. The van der Waals surface area contributed by atoms with Crippen LogP contribution < -0.4 is 14.8 Å². The molecule has 7 heteroatoms. The molecule has 2 heterocycles. The predicted molar refractivity (Wildman–Crippen MR) is 103 cm³/mol. The molecule has 2 aromatic heterocycles. The average Bonchev–Trinajstić information content (AvgIpc) is 3.35. The van der Waals surface area contributed by atoms with Gasteiger partial charge >= 0.3 is 0 Å². The number of fused-ring (bicyclic) bond motifs is 1. The predicted octanol–water partition coefficient (Wildman–Crippen LogP) is 3.83. The maximum atomic E-state index is 12.6. The van der Waals surface area contributed by atoms with Crippen LogP contribution in [0.5, 0.6) is 11.5 Å². The van der Waals surface area contributed by atoms with E-state index in [0.717, 1.165) is 16.5 Å². The first kappa shape index (κ1) is 16.7. The number of carbonyl (C=O) groups is 1. The van der Waals surface area contributed by atoms with Crippen molar-refractivity contribution in [1.29, 1.82) is 0 Å². The first-order chi connectivity index (χ1) is 13.2. The quantitative estimate of drug-likeness (QED) is 0.503. The summed E-state index contributed by atoms with van der Waals surface area (Å²) >= 11 is 0. The van der Waals surface area contributed by atoms with E-state index in [4.69, 9.17) is 9.47 Å². The Labute approximate surface area is 155 Å². The zero-order chi connectivity index (χ0) is 18.8. The summed E-state index contributed by atoms with van der Waals surface area (Å²) in [7, 11) is 3.18. The van der Waals surface area contributed by atoms with Crippen LogP contribution in [0.4, 0.5) is 5.69 Å². The monoisotopic (exact) mass is 362 g/mol. The van der Waals surface area contributed by atoms with Crippen molar-refractivity contribution in [3.8, 4) is 22.8 Å². The fraction of sp³-hybridized carbons (Fsp3) is 0.100. The Bertz CT molecular complexity index is 1110. The van der Waals surface area contributed by atoms with Crippen molar-refractivity contribution in [3.05, 3.63) is 60.4 Å². The molecule has 3 N–H and O–H groups in total. The fourth-order valence-corrected chi connectivity index (χ4v) is 2.95. The molecule has 0 aliphatic heterocycles. The van der Waals surface area contributed by atoms with Crippen LogP contribution in [-0.4, -0.2) is 35.3 Å². The summed E-state index contributed by atoms with van der Waals surface area (Å²) in [5.41, 5.74) is 3.35. The normalized spacial score (nSPS) is 10.7. The summed E-state index contributed by atoms with van der Waals surface area (Å²) in [6.45, 7) is 0. The minimum Gasteiger partial charge on any atom is -0.497 e. The van der Waals surface area contributed by atoms with Crippen LogP contribution in [0.25, 0.3) is 22.2 Å². The number of hydrogen-bond donors (Lipinski definition) is 3. The summed E-state index contributed by atoms with van der Waals surface area (Å²) in [6, 6.07) is 14.9. The molecule has 0 radical (unpaired) electrons. The summed E-state index contributed by atoms with van der Waals surface area (Å²) in [5.74, 6) is 1.05. The Balaban J connectivity index is 1.62. The Morgan fingerprint density at radius 1 is 1.07 bits per heavy atom. The SMILES string of the molecule is COc1ccc(OC)c(-c2cc(C(=O)Nc3c[nH]c4ccccc34)[nH]n2)c1. The number of carbonyl (C=O) groups excluding carboxylic acids is 1. The van der Waals surface area contributed by atoms with E-state index in [2.05, 4.69) is 20.5 Å². The van der Waals surface area contributed by atoms with Gasteiger partial charge in [0.15, 0.2) is 0 Å². The van der Waals surface area contributed by atoms with Crippen molar-refractivity contribution in [2.75, 3.05) is 19.5 Å². The lowest BCUT2D eigenvalue weighted by Gasteiger charge is -2.08. The van der Waals surface area contributed by atoms with Gasteiger partial charge < -0.3 is 19.8 Å². The summed E-state index contributed by atoms with van der Waals surface area (Å²) in [6.07, 6.45) is 1.77. The van der Waals surface area contributed by atoms with E-state index < -0.39 is 0 Å². The van der Waals surface area contributed by atoms with Crippen molar-refractivity contribution in [2.24, 2.45) is 0 Å². The van der Waals surface area contributed by atoms with E-state index in [1.165, 1.54) is 0 Å². The van der Waals surface area contributed by atoms with Crippen LogP contribution in [-0.2, 0) is 0 Å². The molecule has 0 aliphatic carbocycles. The van der Waals surface area contributed by atoms with Gasteiger partial charge in [-0.15, -0.1) is 0 Å². The highest BCUT2D eigenvalue weighted by molar-refractivity contribution is 6.08. The second-order valence-electron chi connectivity index (χ2n) is 5.94. The number of amides is 1. The van der Waals surface area contributed by atoms with Crippen LogP contribution in [0, 0.1) is 0 Å². The van der Waals surface area contributed by atoms with Gasteiger partial charge in [0.2, 0.25) is 0 Å². The number of nitrogens with zero attached hydrogens (tertiary/aromatic N) is 1. The fourth-order valence-electron chi connectivity index (χ4n) is 2.95. The third-order valence-electron chi connectivity index (χ3n) is 4.34. The average molecular weight is 362 g/mol. The Kier molecular flexibility index (Phi) is 4.25. The van der Waals surface area contributed by atoms with E-state index in [1.54, 1.807) is 38.6 Å². The van der Waals surface area contributed by atoms with Gasteiger partial charge in [0.05, 0.1) is 25.6 Å². The van der Waals surface area contributed by atoms with E-state index >= 15 is 0 Å². The van der Waals surface area contributed by atoms with Crippen molar-refractivity contribution in [3.63, 3.8) is 0 Å². The maximum Gasteiger partial charge on any atom is 0.273 e. The lowest BCUT2D eigenvalue weighted by atomic mass is 10.1. The zero-order valence-corrected chi connectivity index (χ0v) is 14.9. The van der Waals surface area contributed by atoms with Gasteiger partial charge in [0.1, 0.15) is 17.2 Å². The Hall–Kier alpha value is -3.74. The molecule has 0 saturated heterocycles. The van der Waals surface area contributed by atoms with E-state index in [-0.39, 0.29) is 5.91 Å². The second kappa shape index (κ2) is 6.87. The topological polar surface area (TPSA) is 92.0 Å². The number of nitrogens with one attached hydrogen (secondary N) is 3. The number of benzene rings is 2. The molecule has 0 aliphatic rings. The first-order valence-corrected chi connectivity index (χ1v) is 8.35. The summed E-state index contributed by atoms with van der Waals surface area (Å²) in [4.78, 5) is 15.8. The Morgan fingerprint density at radius 2 is 1.93 bits per heavy atom. The molecule has 27 heavy (non-hydrogen) atoms. The lowest BCUT2D eigenvalue weighted by molar-refractivity contribution is 0.102. The highest BCUT2D eigenvalue weighted by Gasteiger charge is 2.16. The highest BCUT2D eigenvalue weighted by Crippen LogP contribution is 2.32. The van der Waals surface area contributed by atoms with Gasteiger partial charge in [-0.2, -0.15) is 5.10 Å². The van der Waals surface area contributed by atoms with Crippen molar-refractivity contribution >= 4 is 22.5 Å². The van der Waals surface area contributed by atoms with Gasteiger partial charge in [0, 0.05) is 22.7 Å². The minimum atomic E-state index is -0.277. The number of hydrogen-bond acceptors (Lipinski definition) is 4. The number of ether oxygens (including phenoxy) is 2. The molecular weight excluding hydrogens is 344 g/mol. The molecule has 0 atom stereocenters. The van der Waals surface area contributed by atoms with Gasteiger partial charge in [-0.3, -0.25) is 9.89 Å².